The normalized spacial score (nSPS) is 10.1. The fourth-order valence-electron chi connectivity index (χ4n) is 1.33. The maximum absolute atomic E-state index is 11.7. The Bertz CT molecular complexity index is 362. The molecule has 0 amide bonds. The van der Waals surface area contributed by atoms with E-state index in [0.717, 1.165) is 0 Å². The van der Waals surface area contributed by atoms with E-state index >= 15 is 0 Å². The van der Waals surface area contributed by atoms with Crippen LogP contribution >= 0.6 is 0 Å². The summed E-state index contributed by atoms with van der Waals surface area (Å²) in [6.45, 7) is 9.16. The zero-order chi connectivity index (χ0) is 16.3. The van der Waals surface area contributed by atoms with Crippen LogP contribution in [0.4, 0.5) is 0 Å². The monoisotopic (exact) mass is 301 g/mol. The van der Waals surface area contributed by atoms with Gasteiger partial charge in [-0.05, 0) is 20.8 Å². The molecule has 0 unspecified atom stereocenters. The van der Waals surface area contributed by atoms with Crippen molar-refractivity contribution in [2.45, 2.75) is 20.8 Å². The zero-order valence-corrected chi connectivity index (χ0v) is 12.8. The summed E-state index contributed by atoms with van der Waals surface area (Å²) in [7, 11) is 0. The van der Waals surface area contributed by atoms with Crippen LogP contribution in [0.1, 0.15) is 20.8 Å². The van der Waals surface area contributed by atoms with Crippen LogP contribution in [-0.4, -0.2) is 50.8 Å². The maximum atomic E-state index is 11.7. The quantitative estimate of drug-likeness (QED) is 0.206. The third-order valence-electron chi connectivity index (χ3n) is 2.35. The van der Waals surface area contributed by atoms with Gasteiger partial charge in [-0.2, -0.15) is 0 Å². The van der Waals surface area contributed by atoms with Gasteiger partial charge < -0.3 is 19.5 Å². The van der Waals surface area contributed by atoms with Gasteiger partial charge in [-0.3, -0.25) is 9.59 Å². The average Bonchev–Trinajstić information content (AvgIpc) is 2.42. The topological polar surface area (TPSA) is 90.9 Å². The average molecular weight is 301 g/mol. The number of carbonyl (C=O) groups excluding carboxylic acids is 3. The van der Waals surface area contributed by atoms with E-state index in [4.69, 9.17) is 14.2 Å². The van der Waals surface area contributed by atoms with Crippen LogP contribution in [0.2, 0.25) is 0 Å². The Kier molecular flexibility index (Phi) is 9.87. The van der Waals surface area contributed by atoms with Gasteiger partial charge in [0.1, 0.15) is 6.61 Å². The number of nitrogens with one attached hydrogen (secondary N) is 1. The summed E-state index contributed by atoms with van der Waals surface area (Å²) in [5.41, 5.74) is 0.311. The lowest BCUT2D eigenvalue weighted by molar-refractivity contribution is -0.161. The lowest BCUT2D eigenvalue weighted by atomic mass is 10.1. The van der Waals surface area contributed by atoms with Crippen LogP contribution in [-0.2, 0) is 28.6 Å². The van der Waals surface area contributed by atoms with Crippen LogP contribution in [0.25, 0.3) is 0 Å². The highest BCUT2D eigenvalue weighted by Crippen LogP contribution is 2.02. The minimum atomic E-state index is -1.03. The molecular weight excluding hydrogens is 278 g/mol. The van der Waals surface area contributed by atoms with Crippen molar-refractivity contribution < 1.29 is 28.6 Å². The molecule has 0 aliphatic carbocycles. The van der Waals surface area contributed by atoms with Gasteiger partial charge in [-0.1, -0.05) is 6.58 Å². The smallest absolute Gasteiger partial charge is 0.333 e. The van der Waals surface area contributed by atoms with Crippen molar-refractivity contribution >= 4 is 17.9 Å². The first kappa shape index (κ1) is 19.1. The molecule has 1 N–H and O–H groups in total. The van der Waals surface area contributed by atoms with Crippen molar-refractivity contribution in [1.82, 2.24) is 5.32 Å². The van der Waals surface area contributed by atoms with Crippen LogP contribution in [0.5, 0.6) is 0 Å². The number of hydrogen-bond donors (Lipinski definition) is 1. The summed E-state index contributed by atoms with van der Waals surface area (Å²) >= 11 is 0. The van der Waals surface area contributed by atoms with Crippen molar-refractivity contribution in [3.05, 3.63) is 12.2 Å². The third-order valence-corrected chi connectivity index (χ3v) is 2.35. The van der Waals surface area contributed by atoms with E-state index < -0.39 is 23.8 Å². The Balaban J connectivity index is 4.18. The summed E-state index contributed by atoms with van der Waals surface area (Å²) in [6.07, 6.45) is 0. The van der Waals surface area contributed by atoms with Gasteiger partial charge in [0, 0.05) is 18.7 Å². The number of esters is 3. The molecule has 0 rings (SSSR count). The van der Waals surface area contributed by atoms with Gasteiger partial charge in [0.05, 0.1) is 13.2 Å². The summed E-state index contributed by atoms with van der Waals surface area (Å²) in [4.78, 5) is 34.5. The second-order valence-electron chi connectivity index (χ2n) is 4.18. The SMILES string of the molecule is C=C(C)C(=O)OCCNCC(C(=O)OCC)C(=O)OCC. The minimum Gasteiger partial charge on any atom is -0.465 e. The highest BCUT2D eigenvalue weighted by Gasteiger charge is 2.28. The van der Waals surface area contributed by atoms with Crippen molar-refractivity contribution in [3.8, 4) is 0 Å². The van der Waals surface area contributed by atoms with Crippen LogP contribution < -0.4 is 5.32 Å². The molecule has 0 spiro atoms. The van der Waals surface area contributed by atoms with Crippen molar-refractivity contribution in [2.24, 2.45) is 5.92 Å². The Morgan fingerprint density at radius 1 is 1.05 bits per heavy atom. The molecule has 0 aromatic heterocycles. The number of hydrogen-bond acceptors (Lipinski definition) is 7. The van der Waals surface area contributed by atoms with Crippen molar-refractivity contribution in [2.75, 3.05) is 32.9 Å². The van der Waals surface area contributed by atoms with E-state index in [2.05, 4.69) is 11.9 Å². The second-order valence-corrected chi connectivity index (χ2v) is 4.18. The molecule has 0 heterocycles. The molecule has 21 heavy (non-hydrogen) atoms. The van der Waals surface area contributed by atoms with Crippen molar-refractivity contribution in [1.29, 1.82) is 0 Å². The lowest BCUT2D eigenvalue weighted by Crippen LogP contribution is -2.38. The number of rotatable bonds is 10. The van der Waals surface area contributed by atoms with Gasteiger partial charge in [0.2, 0.25) is 0 Å². The van der Waals surface area contributed by atoms with E-state index in [9.17, 15) is 14.4 Å². The third kappa shape index (κ3) is 8.09. The highest BCUT2D eigenvalue weighted by molar-refractivity contribution is 5.95. The Morgan fingerprint density at radius 2 is 1.57 bits per heavy atom. The molecule has 0 aliphatic heterocycles. The van der Waals surface area contributed by atoms with E-state index in [1.807, 2.05) is 0 Å². The molecule has 0 aromatic carbocycles. The van der Waals surface area contributed by atoms with Crippen LogP contribution in [0.15, 0.2) is 12.2 Å². The largest absolute Gasteiger partial charge is 0.465 e. The maximum Gasteiger partial charge on any atom is 0.333 e. The predicted octanol–water partition coefficient (Wildman–Crippen LogP) is 0.438. The number of ether oxygens (including phenoxy) is 3. The molecular formula is C14H23NO6. The molecule has 0 aromatic rings. The van der Waals surface area contributed by atoms with E-state index in [1.165, 1.54) is 0 Å². The predicted molar refractivity (Wildman–Crippen MR) is 75.4 cm³/mol. The second kappa shape index (κ2) is 10.8. The van der Waals surface area contributed by atoms with Gasteiger partial charge >= 0.3 is 17.9 Å². The van der Waals surface area contributed by atoms with Gasteiger partial charge in [-0.15, -0.1) is 0 Å². The van der Waals surface area contributed by atoms with Gasteiger partial charge in [0.15, 0.2) is 5.92 Å². The molecule has 0 saturated heterocycles. The molecule has 7 nitrogen and oxygen atoms in total. The van der Waals surface area contributed by atoms with Gasteiger partial charge in [-0.25, -0.2) is 4.79 Å². The first-order valence-electron chi connectivity index (χ1n) is 6.80. The minimum absolute atomic E-state index is 0.0578. The molecule has 0 radical (unpaired) electrons. The summed E-state index contributed by atoms with van der Waals surface area (Å²) < 4.78 is 14.5. The first-order valence-corrected chi connectivity index (χ1v) is 6.80. The summed E-state index contributed by atoms with van der Waals surface area (Å²) in [6, 6.07) is 0. The summed E-state index contributed by atoms with van der Waals surface area (Å²) in [5.74, 6) is -2.78. The standard InChI is InChI=1S/C14H23NO6/c1-5-19-13(17)11(14(18)20-6-2)9-15-7-8-21-12(16)10(3)4/h11,15H,3,5-9H2,1-2,4H3. The van der Waals surface area contributed by atoms with E-state index in [-0.39, 0.29) is 26.4 Å². The van der Waals surface area contributed by atoms with Crippen LogP contribution in [0, 0.1) is 5.92 Å². The fourth-order valence-corrected chi connectivity index (χ4v) is 1.33. The zero-order valence-electron chi connectivity index (χ0n) is 12.8. The Hall–Kier alpha value is -1.89. The molecule has 0 atom stereocenters. The fraction of sp³-hybridized carbons (Fsp3) is 0.643. The Morgan fingerprint density at radius 3 is 2.00 bits per heavy atom. The molecule has 0 aliphatic rings. The van der Waals surface area contributed by atoms with E-state index in [1.54, 1.807) is 20.8 Å². The molecule has 0 bridgehead atoms. The number of carbonyl (C=O) groups is 3. The van der Waals surface area contributed by atoms with Crippen LogP contribution in [0.3, 0.4) is 0 Å². The highest BCUT2D eigenvalue weighted by atomic mass is 16.6. The van der Waals surface area contributed by atoms with Gasteiger partial charge in [0.25, 0.3) is 0 Å². The van der Waals surface area contributed by atoms with E-state index in [0.29, 0.717) is 12.1 Å². The molecule has 0 saturated carbocycles. The Labute approximate surface area is 124 Å². The summed E-state index contributed by atoms with van der Waals surface area (Å²) in [5, 5.41) is 2.85. The molecule has 0 fully saturated rings. The molecule has 7 heteroatoms. The molecule has 120 valence electrons. The lowest BCUT2D eigenvalue weighted by Gasteiger charge is -2.15. The first-order chi connectivity index (χ1) is 9.93. The van der Waals surface area contributed by atoms with Crippen molar-refractivity contribution in [3.63, 3.8) is 0 Å².